The van der Waals surface area contributed by atoms with Crippen molar-refractivity contribution >= 4 is 0 Å². The highest BCUT2D eigenvalue weighted by Crippen LogP contribution is 2.09. The van der Waals surface area contributed by atoms with E-state index in [0.717, 1.165) is 5.56 Å². The van der Waals surface area contributed by atoms with E-state index in [1.165, 1.54) is 11.0 Å². The highest BCUT2D eigenvalue weighted by atomic mass is 16.5. The second kappa shape index (κ2) is 5.26. The maximum atomic E-state index is 5.55. The molecule has 0 atom stereocenters. The van der Waals surface area contributed by atoms with Gasteiger partial charge in [-0.25, -0.2) is 9.67 Å². The van der Waals surface area contributed by atoms with Crippen LogP contribution in [0, 0.1) is 0 Å². The van der Waals surface area contributed by atoms with Crippen LogP contribution in [0.1, 0.15) is 5.56 Å². The lowest BCUT2D eigenvalue weighted by Crippen LogP contribution is -2.02. The summed E-state index contributed by atoms with van der Waals surface area (Å²) in [7, 11) is 0. The van der Waals surface area contributed by atoms with E-state index in [1.807, 2.05) is 30.3 Å². The maximum Gasteiger partial charge on any atom is 0.233 e. The molecule has 0 aliphatic rings. The van der Waals surface area contributed by atoms with Gasteiger partial charge in [-0.15, -0.1) is 10.2 Å². The van der Waals surface area contributed by atoms with E-state index in [2.05, 4.69) is 20.3 Å². The Hall–Kier alpha value is -2.76. The summed E-state index contributed by atoms with van der Waals surface area (Å²) in [6.45, 7) is 0.470. The predicted molar refractivity (Wildman–Crippen MR) is 67.7 cm³/mol. The zero-order valence-corrected chi connectivity index (χ0v) is 10.0. The van der Waals surface area contributed by atoms with Gasteiger partial charge >= 0.3 is 0 Å². The molecular formula is C13H11N5O. The lowest BCUT2D eigenvalue weighted by molar-refractivity contribution is 0.290. The lowest BCUT2D eigenvalue weighted by Gasteiger charge is -2.05. The van der Waals surface area contributed by atoms with Gasteiger partial charge in [-0.05, 0) is 11.6 Å². The van der Waals surface area contributed by atoms with Crippen LogP contribution in [0.2, 0.25) is 0 Å². The molecular weight excluding hydrogens is 242 g/mol. The van der Waals surface area contributed by atoms with Gasteiger partial charge in [-0.2, -0.15) is 5.10 Å². The molecule has 0 saturated heterocycles. The normalized spacial score (nSPS) is 10.3. The van der Waals surface area contributed by atoms with E-state index in [0.29, 0.717) is 18.3 Å². The minimum absolute atomic E-state index is 0.470. The summed E-state index contributed by atoms with van der Waals surface area (Å²) in [5.74, 6) is 1.08. The summed E-state index contributed by atoms with van der Waals surface area (Å²) < 4.78 is 7.08. The first-order chi connectivity index (χ1) is 9.42. The van der Waals surface area contributed by atoms with Crippen LogP contribution in [0.5, 0.6) is 5.88 Å². The molecule has 3 rings (SSSR count). The zero-order valence-electron chi connectivity index (χ0n) is 10.0. The smallest absolute Gasteiger partial charge is 0.233 e. The first kappa shape index (κ1) is 11.3. The van der Waals surface area contributed by atoms with Gasteiger partial charge in [-0.3, -0.25) is 0 Å². The monoisotopic (exact) mass is 253 g/mol. The number of hydrogen-bond donors (Lipinski definition) is 0. The molecule has 0 aliphatic heterocycles. The van der Waals surface area contributed by atoms with Crippen molar-refractivity contribution in [2.24, 2.45) is 0 Å². The molecule has 19 heavy (non-hydrogen) atoms. The first-order valence-electron chi connectivity index (χ1n) is 5.77. The summed E-state index contributed by atoms with van der Waals surface area (Å²) >= 11 is 0. The summed E-state index contributed by atoms with van der Waals surface area (Å²) in [6.07, 6.45) is 3.01. The van der Waals surface area contributed by atoms with Crippen LogP contribution in [0.15, 0.2) is 55.1 Å². The molecule has 0 amide bonds. The Balaban J connectivity index is 1.67. The Bertz CT molecular complexity index is 622. The third-order valence-electron chi connectivity index (χ3n) is 2.51. The van der Waals surface area contributed by atoms with E-state index < -0.39 is 0 Å². The minimum Gasteiger partial charge on any atom is -0.472 e. The molecule has 94 valence electrons. The molecule has 0 unspecified atom stereocenters. The van der Waals surface area contributed by atoms with Gasteiger partial charge in [0.25, 0.3) is 0 Å². The fourth-order valence-corrected chi connectivity index (χ4v) is 1.57. The Morgan fingerprint density at radius 2 is 1.89 bits per heavy atom. The lowest BCUT2D eigenvalue weighted by atomic mass is 10.2. The molecule has 2 aromatic heterocycles. The molecule has 0 bridgehead atoms. The molecule has 0 spiro atoms. The third kappa shape index (κ3) is 2.74. The number of aromatic nitrogens is 5. The average molecular weight is 253 g/mol. The van der Waals surface area contributed by atoms with Gasteiger partial charge in [0.15, 0.2) is 5.82 Å². The second-order valence-corrected chi connectivity index (χ2v) is 3.84. The van der Waals surface area contributed by atoms with Crippen molar-refractivity contribution in [2.45, 2.75) is 6.61 Å². The summed E-state index contributed by atoms with van der Waals surface area (Å²) in [6, 6.07) is 13.4. The molecule has 1 aromatic carbocycles. The quantitative estimate of drug-likeness (QED) is 0.707. The van der Waals surface area contributed by atoms with Gasteiger partial charge in [0.05, 0.1) is 0 Å². The number of hydrogen-bond acceptors (Lipinski definition) is 5. The van der Waals surface area contributed by atoms with Crippen molar-refractivity contribution in [1.29, 1.82) is 0 Å². The standard InChI is InChI=1S/C13H11N5O/c1-2-4-11(5-3-1)8-19-13-7-6-12(16-17-13)18-10-14-9-15-18/h1-7,9-10H,8H2. The van der Waals surface area contributed by atoms with Gasteiger partial charge in [0, 0.05) is 6.07 Å². The highest BCUT2D eigenvalue weighted by Gasteiger charge is 2.01. The van der Waals surface area contributed by atoms with Crippen LogP contribution >= 0.6 is 0 Å². The third-order valence-corrected chi connectivity index (χ3v) is 2.51. The highest BCUT2D eigenvalue weighted by molar-refractivity contribution is 5.22. The second-order valence-electron chi connectivity index (χ2n) is 3.84. The zero-order chi connectivity index (χ0) is 12.9. The van der Waals surface area contributed by atoms with E-state index >= 15 is 0 Å². The SMILES string of the molecule is c1ccc(COc2ccc(-n3cncn3)nn2)cc1. The fraction of sp³-hybridized carbons (Fsp3) is 0.0769. The maximum absolute atomic E-state index is 5.55. The van der Waals surface area contributed by atoms with Gasteiger partial charge in [-0.1, -0.05) is 30.3 Å². The van der Waals surface area contributed by atoms with Crippen LogP contribution in [0.25, 0.3) is 5.82 Å². The number of benzene rings is 1. The molecule has 0 N–H and O–H groups in total. The van der Waals surface area contributed by atoms with Crippen molar-refractivity contribution in [3.8, 4) is 11.7 Å². The summed E-state index contributed by atoms with van der Waals surface area (Å²) in [5, 5.41) is 12.0. The largest absolute Gasteiger partial charge is 0.472 e. The molecule has 0 radical (unpaired) electrons. The average Bonchev–Trinajstić information content (AvgIpc) is 3.01. The fourth-order valence-electron chi connectivity index (χ4n) is 1.57. The van der Waals surface area contributed by atoms with Crippen LogP contribution in [0.4, 0.5) is 0 Å². The number of ether oxygens (including phenoxy) is 1. The van der Waals surface area contributed by atoms with Crippen molar-refractivity contribution in [3.05, 3.63) is 60.7 Å². The molecule has 0 aliphatic carbocycles. The number of nitrogens with zero attached hydrogens (tertiary/aromatic N) is 5. The summed E-state index contributed by atoms with van der Waals surface area (Å²) in [5.41, 5.74) is 1.09. The molecule has 2 heterocycles. The Morgan fingerprint density at radius 3 is 2.58 bits per heavy atom. The van der Waals surface area contributed by atoms with Crippen LogP contribution in [-0.4, -0.2) is 25.0 Å². The Morgan fingerprint density at radius 1 is 1.00 bits per heavy atom. The van der Waals surface area contributed by atoms with Crippen molar-refractivity contribution in [2.75, 3.05) is 0 Å². The Labute approximate surface area is 109 Å². The summed E-state index contributed by atoms with van der Waals surface area (Å²) in [4.78, 5) is 3.85. The first-order valence-corrected chi connectivity index (χ1v) is 5.77. The minimum atomic E-state index is 0.470. The van der Waals surface area contributed by atoms with Gasteiger partial charge < -0.3 is 4.74 Å². The van der Waals surface area contributed by atoms with Crippen molar-refractivity contribution < 1.29 is 4.74 Å². The predicted octanol–water partition coefficient (Wildman–Crippen LogP) is 1.64. The van der Waals surface area contributed by atoms with Gasteiger partial charge in [0.2, 0.25) is 5.88 Å². The molecule has 6 heteroatoms. The van der Waals surface area contributed by atoms with Crippen molar-refractivity contribution in [1.82, 2.24) is 25.0 Å². The van der Waals surface area contributed by atoms with Gasteiger partial charge in [0.1, 0.15) is 19.3 Å². The number of rotatable bonds is 4. The van der Waals surface area contributed by atoms with E-state index in [1.54, 1.807) is 18.5 Å². The van der Waals surface area contributed by atoms with Crippen molar-refractivity contribution in [3.63, 3.8) is 0 Å². The van der Waals surface area contributed by atoms with E-state index in [4.69, 9.17) is 4.74 Å². The Kier molecular flexibility index (Phi) is 3.14. The van der Waals surface area contributed by atoms with Crippen LogP contribution in [-0.2, 0) is 6.61 Å². The topological polar surface area (TPSA) is 65.7 Å². The van der Waals surface area contributed by atoms with Crippen LogP contribution < -0.4 is 4.74 Å². The molecule has 0 saturated carbocycles. The molecule has 3 aromatic rings. The molecule has 0 fully saturated rings. The van der Waals surface area contributed by atoms with E-state index in [-0.39, 0.29) is 0 Å². The van der Waals surface area contributed by atoms with Crippen LogP contribution in [0.3, 0.4) is 0 Å². The molecule has 6 nitrogen and oxygen atoms in total. The van der Waals surface area contributed by atoms with E-state index in [9.17, 15) is 0 Å².